The molecule has 1 heterocycles. The van der Waals surface area contributed by atoms with Crippen molar-refractivity contribution in [3.8, 4) is 5.75 Å². The molecule has 2 rings (SSSR count). The van der Waals surface area contributed by atoms with Crippen LogP contribution in [-0.4, -0.2) is 13.7 Å². The maximum Gasteiger partial charge on any atom is 0.119 e. The quantitative estimate of drug-likeness (QED) is 0.810. The van der Waals surface area contributed by atoms with E-state index in [2.05, 4.69) is 58.0 Å². The molecule has 0 saturated heterocycles. The monoisotopic (exact) mass is 353 g/mol. The SMILES string of the molecule is CCNC(Cc1cc(OC)ccc1Br)c1cscc1C. The van der Waals surface area contributed by atoms with Crippen molar-refractivity contribution >= 4 is 27.3 Å². The van der Waals surface area contributed by atoms with Crippen LogP contribution in [0.5, 0.6) is 5.75 Å². The number of aryl methyl sites for hydroxylation is 1. The summed E-state index contributed by atoms with van der Waals surface area (Å²) in [4.78, 5) is 0. The maximum atomic E-state index is 5.33. The van der Waals surface area contributed by atoms with Gasteiger partial charge in [0.2, 0.25) is 0 Å². The van der Waals surface area contributed by atoms with E-state index in [1.807, 2.05) is 6.07 Å². The second kappa shape index (κ2) is 7.25. The first-order valence-electron chi connectivity index (χ1n) is 6.74. The first-order valence-corrected chi connectivity index (χ1v) is 8.47. The first kappa shape index (κ1) is 15.5. The molecule has 0 radical (unpaired) electrons. The smallest absolute Gasteiger partial charge is 0.119 e. The number of hydrogen-bond donors (Lipinski definition) is 1. The van der Waals surface area contributed by atoms with E-state index in [9.17, 15) is 0 Å². The van der Waals surface area contributed by atoms with Crippen molar-refractivity contribution in [2.45, 2.75) is 26.3 Å². The summed E-state index contributed by atoms with van der Waals surface area (Å²) in [7, 11) is 1.71. The van der Waals surface area contributed by atoms with Crippen LogP contribution in [0.15, 0.2) is 33.4 Å². The van der Waals surface area contributed by atoms with Gasteiger partial charge in [0.25, 0.3) is 0 Å². The molecule has 0 saturated carbocycles. The van der Waals surface area contributed by atoms with E-state index >= 15 is 0 Å². The molecular formula is C16H20BrNOS. The topological polar surface area (TPSA) is 21.3 Å². The van der Waals surface area contributed by atoms with Gasteiger partial charge in [-0.05, 0) is 65.5 Å². The van der Waals surface area contributed by atoms with Crippen LogP contribution in [0.3, 0.4) is 0 Å². The Bertz CT molecular complexity index is 567. The molecule has 0 bridgehead atoms. The molecule has 1 unspecified atom stereocenters. The summed E-state index contributed by atoms with van der Waals surface area (Å²) < 4.78 is 6.46. The van der Waals surface area contributed by atoms with E-state index < -0.39 is 0 Å². The summed E-state index contributed by atoms with van der Waals surface area (Å²) in [5, 5.41) is 8.04. The summed E-state index contributed by atoms with van der Waals surface area (Å²) in [6, 6.07) is 6.48. The van der Waals surface area contributed by atoms with E-state index in [-0.39, 0.29) is 0 Å². The predicted molar refractivity (Wildman–Crippen MR) is 89.9 cm³/mol. The first-order chi connectivity index (χ1) is 9.65. The minimum atomic E-state index is 0.342. The lowest BCUT2D eigenvalue weighted by molar-refractivity contribution is 0.413. The van der Waals surface area contributed by atoms with Gasteiger partial charge in [0, 0.05) is 10.5 Å². The maximum absolute atomic E-state index is 5.33. The van der Waals surface area contributed by atoms with Gasteiger partial charge in [0.1, 0.15) is 5.75 Å². The largest absolute Gasteiger partial charge is 0.497 e. The van der Waals surface area contributed by atoms with E-state index in [0.29, 0.717) is 6.04 Å². The van der Waals surface area contributed by atoms with Crippen molar-refractivity contribution in [2.75, 3.05) is 13.7 Å². The van der Waals surface area contributed by atoms with Crippen molar-refractivity contribution in [1.82, 2.24) is 5.32 Å². The average molecular weight is 354 g/mol. The normalized spacial score (nSPS) is 12.4. The zero-order valence-corrected chi connectivity index (χ0v) is 14.5. The van der Waals surface area contributed by atoms with Gasteiger partial charge in [-0.3, -0.25) is 0 Å². The minimum Gasteiger partial charge on any atom is -0.497 e. The molecule has 1 atom stereocenters. The molecule has 0 aliphatic rings. The molecule has 20 heavy (non-hydrogen) atoms. The molecule has 1 aromatic carbocycles. The number of ether oxygens (including phenoxy) is 1. The Morgan fingerprint density at radius 3 is 2.75 bits per heavy atom. The van der Waals surface area contributed by atoms with Gasteiger partial charge in [-0.25, -0.2) is 0 Å². The van der Waals surface area contributed by atoms with Crippen LogP contribution in [0.1, 0.15) is 29.7 Å². The van der Waals surface area contributed by atoms with Gasteiger partial charge in [-0.1, -0.05) is 22.9 Å². The number of hydrogen-bond acceptors (Lipinski definition) is 3. The van der Waals surface area contributed by atoms with Crippen LogP contribution in [-0.2, 0) is 6.42 Å². The lowest BCUT2D eigenvalue weighted by Gasteiger charge is -2.19. The van der Waals surface area contributed by atoms with Crippen LogP contribution in [0.25, 0.3) is 0 Å². The fraction of sp³-hybridized carbons (Fsp3) is 0.375. The third-order valence-electron chi connectivity index (χ3n) is 3.40. The molecule has 0 amide bonds. The summed E-state index contributed by atoms with van der Waals surface area (Å²) in [5.41, 5.74) is 4.02. The van der Waals surface area contributed by atoms with Crippen LogP contribution >= 0.6 is 27.3 Å². The van der Waals surface area contributed by atoms with Crippen molar-refractivity contribution in [3.05, 3.63) is 50.1 Å². The lowest BCUT2D eigenvalue weighted by Crippen LogP contribution is -2.23. The number of halogens is 1. The van der Waals surface area contributed by atoms with Crippen molar-refractivity contribution in [2.24, 2.45) is 0 Å². The summed E-state index contributed by atoms with van der Waals surface area (Å²) in [6.45, 7) is 5.29. The number of nitrogens with one attached hydrogen (secondary N) is 1. The second-order valence-corrected chi connectivity index (χ2v) is 6.38. The second-order valence-electron chi connectivity index (χ2n) is 4.78. The fourth-order valence-corrected chi connectivity index (χ4v) is 3.63. The molecule has 108 valence electrons. The Hall–Kier alpha value is -0.840. The molecule has 2 aromatic rings. The Labute approximate surface area is 133 Å². The lowest BCUT2D eigenvalue weighted by atomic mass is 9.98. The molecule has 0 aliphatic heterocycles. The van der Waals surface area contributed by atoms with Crippen molar-refractivity contribution < 1.29 is 4.74 Å². The molecule has 4 heteroatoms. The Kier molecular flexibility index (Phi) is 5.64. The molecule has 2 nitrogen and oxygen atoms in total. The minimum absolute atomic E-state index is 0.342. The summed E-state index contributed by atoms with van der Waals surface area (Å²) >= 11 is 5.41. The highest BCUT2D eigenvalue weighted by Crippen LogP contribution is 2.29. The van der Waals surface area contributed by atoms with E-state index in [1.165, 1.54) is 16.7 Å². The third-order valence-corrected chi connectivity index (χ3v) is 5.05. The Morgan fingerprint density at radius 2 is 2.15 bits per heavy atom. The van der Waals surface area contributed by atoms with E-state index in [0.717, 1.165) is 23.2 Å². The molecule has 0 spiro atoms. The highest BCUT2D eigenvalue weighted by atomic mass is 79.9. The van der Waals surface area contributed by atoms with E-state index in [1.54, 1.807) is 18.4 Å². The van der Waals surface area contributed by atoms with Gasteiger partial charge in [0.05, 0.1) is 7.11 Å². The Balaban J connectivity index is 2.26. The third kappa shape index (κ3) is 3.62. The van der Waals surface area contributed by atoms with Gasteiger partial charge < -0.3 is 10.1 Å². The molecular weight excluding hydrogens is 334 g/mol. The number of methoxy groups -OCH3 is 1. The zero-order chi connectivity index (χ0) is 14.5. The fourth-order valence-electron chi connectivity index (χ4n) is 2.32. The van der Waals surface area contributed by atoms with Crippen molar-refractivity contribution in [3.63, 3.8) is 0 Å². The number of likely N-dealkylation sites (N-methyl/N-ethyl adjacent to an activating group) is 1. The van der Waals surface area contributed by atoms with Gasteiger partial charge in [-0.15, -0.1) is 0 Å². The molecule has 0 fully saturated rings. The standard InChI is InChI=1S/C16H20BrNOS/c1-4-18-16(14-10-20-9-11(14)2)8-12-7-13(19-3)5-6-15(12)17/h5-7,9-10,16,18H,4,8H2,1-3H3. The predicted octanol–water partition coefficient (Wildman–Crippen LogP) is 4.72. The number of rotatable bonds is 6. The molecule has 1 N–H and O–H groups in total. The highest BCUT2D eigenvalue weighted by Gasteiger charge is 2.16. The van der Waals surface area contributed by atoms with Crippen LogP contribution in [0.2, 0.25) is 0 Å². The van der Waals surface area contributed by atoms with E-state index in [4.69, 9.17) is 4.74 Å². The number of thiophene rings is 1. The van der Waals surface area contributed by atoms with Crippen LogP contribution in [0.4, 0.5) is 0 Å². The van der Waals surface area contributed by atoms with Gasteiger partial charge in [-0.2, -0.15) is 11.3 Å². The number of benzene rings is 1. The highest BCUT2D eigenvalue weighted by molar-refractivity contribution is 9.10. The van der Waals surface area contributed by atoms with Crippen LogP contribution in [0, 0.1) is 6.92 Å². The zero-order valence-electron chi connectivity index (χ0n) is 12.1. The average Bonchev–Trinajstić information content (AvgIpc) is 2.86. The molecule has 1 aromatic heterocycles. The van der Waals surface area contributed by atoms with Crippen LogP contribution < -0.4 is 10.1 Å². The summed E-state index contributed by atoms with van der Waals surface area (Å²) in [5.74, 6) is 0.903. The summed E-state index contributed by atoms with van der Waals surface area (Å²) in [6.07, 6.45) is 0.948. The molecule has 0 aliphatic carbocycles. The van der Waals surface area contributed by atoms with Crippen molar-refractivity contribution in [1.29, 1.82) is 0 Å². The van der Waals surface area contributed by atoms with Gasteiger partial charge in [0.15, 0.2) is 0 Å². The van der Waals surface area contributed by atoms with Gasteiger partial charge >= 0.3 is 0 Å². The Morgan fingerprint density at radius 1 is 1.35 bits per heavy atom.